The third-order valence-corrected chi connectivity index (χ3v) is 7.97. The van der Waals surface area contributed by atoms with E-state index in [-0.39, 0.29) is 42.2 Å². The molecule has 1 aromatic carbocycles. The number of guanidine groups is 1. The predicted molar refractivity (Wildman–Crippen MR) is 122 cm³/mol. The van der Waals surface area contributed by atoms with E-state index in [0.29, 0.717) is 32.1 Å². The van der Waals surface area contributed by atoms with Crippen molar-refractivity contribution in [3.8, 4) is 0 Å². The Morgan fingerprint density at radius 3 is 2.50 bits per heavy atom. The Bertz CT molecular complexity index is 854. The lowest BCUT2D eigenvalue weighted by Crippen LogP contribution is -2.58. The van der Waals surface area contributed by atoms with Crippen molar-refractivity contribution in [3.63, 3.8) is 0 Å². The lowest BCUT2D eigenvalue weighted by molar-refractivity contribution is -0.130. The fourth-order valence-electron chi connectivity index (χ4n) is 3.63. The van der Waals surface area contributed by atoms with Gasteiger partial charge in [0.1, 0.15) is 0 Å². The molecule has 1 aromatic rings. The van der Waals surface area contributed by atoms with Crippen molar-refractivity contribution in [3.05, 3.63) is 35.4 Å². The normalized spacial score (nSPS) is 20.8. The van der Waals surface area contributed by atoms with Gasteiger partial charge in [0.25, 0.3) is 0 Å². The first-order valence-corrected chi connectivity index (χ1v) is 10.9. The molecule has 0 atom stereocenters. The van der Waals surface area contributed by atoms with E-state index >= 15 is 0 Å². The van der Waals surface area contributed by atoms with Crippen LogP contribution in [0.15, 0.2) is 29.3 Å². The molecule has 156 valence electrons. The second kappa shape index (κ2) is 8.98. The number of fused-ring (bicyclic) bond motifs is 1. The van der Waals surface area contributed by atoms with Gasteiger partial charge in [-0.05, 0) is 31.4 Å². The highest BCUT2D eigenvalue weighted by atomic mass is 127. The summed E-state index contributed by atoms with van der Waals surface area (Å²) in [6.07, 6.45) is 0.870. The smallest absolute Gasteiger partial charge is 0.242 e. The number of aliphatic imine (C=N–C) groups is 1. The molecule has 1 saturated heterocycles. The first-order valence-electron chi connectivity index (χ1n) is 9.26. The highest BCUT2D eigenvalue weighted by Crippen LogP contribution is 2.23. The average Bonchev–Trinajstić information content (AvgIpc) is 2.64. The lowest BCUT2D eigenvalue weighted by Gasteiger charge is -2.39. The molecule has 2 aliphatic rings. The van der Waals surface area contributed by atoms with Gasteiger partial charge in [-0.25, -0.2) is 8.42 Å². The fourth-order valence-corrected chi connectivity index (χ4v) is 5.00. The quantitative estimate of drug-likeness (QED) is 0.361. The minimum Gasteiger partial charge on any atom is -0.347 e. The van der Waals surface area contributed by atoms with Crippen LogP contribution >= 0.6 is 24.0 Å². The zero-order chi connectivity index (χ0) is 19.7. The van der Waals surface area contributed by atoms with Gasteiger partial charge in [0.2, 0.25) is 5.91 Å². The van der Waals surface area contributed by atoms with Crippen LogP contribution in [0.3, 0.4) is 0 Å². The number of rotatable bonds is 2. The predicted octanol–water partition coefficient (Wildman–Crippen LogP) is 1.27. The fraction of sp³-hybridized carbons (Fsp3) is 0.579. The summed E-state index contributed by atoms with van der Waals surface area (Å²) >= 11 is 0. The van der Waals surface area contributed by atoms with Gasteiger partial charge >= 0.3 is 0 Å². The molecule has 3 rings (SSSR count). The van der Waals surface area contributed by atoms with E-state index in [1.54, 1.807) is 20.9 Å². The Morgan fingerprint density at radius 2 is 1.86 bits per heavy atom. The van der Waals surface area contributed by atoms with Gasteiger partial charge in [-0.3, -0.25) is 9.79 Å². The number of sulfone groups is 1. The van der Waals surface area contributed by atoms with Gasteiger partial charge in [0, 0.05) is 33.2 Å². The van der Waals surface area contributed by atoms with Crippen LogP contribution in [0.25, 0.3) is 0 Å². The summed E-state index contributed by atoms with van der Waals surface area (Å²) in [5, 5.41) is 3.12. The zero-order valence-corrected chi connectivity index (χ0v) is 19.8. The molecule has 0 spiro atoms. The highest BCUT2D eigenvalue weighted by Gasteiger charge is 2.41. The van der Waals surface area contributed by atoms with Crippen LogP contribution in [0.5, 0.6) is 0 Å². The Balaban J connectivity index is 0.00000280. The summed E-state index contributed by atoms with van der Waals surface area (Å²) in [4.78, 5) is 20.7. The zero-order valence-electron chi connectivity index (χ0n) is 16.6. The molecule has 0 bridgehead atoms. The summed E-state index contributed by atoms with van der Waals surface area (Å²) in [6.45, 7) is 5.71. The molecule has 1 N–H and O–H groups in total. The van der Waals surface area contributed by atoms with E-state index in [1.807, 2.05) is 21.9 Å². The molecular formula is C19H29IN4O3S. The number of halogens is 1. The Hall–Kier alpha value is -1.36. The van der Waals surface area contributed by atoms with Crippen molar-refractivity contribution in [1.29, 1.82) is 0 Å². The topological polar surface area (TPSA) is 82.1 Å². The van der Waals surface area contributed by atoms with Crippen LogP contribution in [0.1, 0.15) is 25.0 Å². The molecule has 1 fully saturated rings. The minimum absolute atomic E-state index is 0. The molecule has 0 radical (unpaired) electrons. The van der Waals surface area contributed by atoms with E-state index in [0.717, 1.165) is 6.42 Å². The summed E-state index contributed by atoms with van der Waals surface area (Å²) in [7, 11) is -1.46. The monoisotopic (exact) mass is 520 g/mol. The van der Waals surface area contributed by atoms with Gasteiger partial charge in [-0.15, -0.1) is 24.0 Å². The number of nitrogens with zero attached hydrogens (tertiary/aromatic N) is 3. The van der Waals surface area contributed by atoms with Crippen LogP contribution in [-0.2, 0) is 27.6 Å². The van der Waals surface area contributed by atoms with E-state index in [4.69, 9.17) is 0 Å². The van der Waals surface area contributed by atoms with Gasteiger partial charge < -0.3 is 15.1 Å². The number of amides is 1. The lowest BCUT2D eigenvalue weighted by atomic mass is 10.00. The van der Waals surface area contributed by atoms with Crippen LogP contribution in [0.4, 0.5) is 0 Å². The maximum absolute atomic E-state index is 12.6. The summed E-state index contributed by atoms with van der Waals surface area (Å²) < 4.78 is 23.5. The number of benzene rings is 1. The molecule has 0 aromatic heterocycles. The summed E-state index contributed by atoms with van der Waals surface area (Å²) in [6, 6.07) is 8.21. The number of carbonyl (C=O) groups excluding carboxylic acids is 1. The molecule has 28 heavy (non-hydrogen) atoms. The third kappa shape index (κ3) is 4.79. The van der Waals surface area contributed by atoms with Crippen LogP contribution < -0.4 is 5.32 Å². The van der Waals surface area contributed by atoms with E-state index in [2.05, 4.69) is 22.4 Å². The maximum atomic E-state index is 12.6. The van der Waals surface area contributed by atoms with Gasteiger partial charge in [-0.2, -0.15) is 0 Å². The molecule has 0 aliphatic carbocycles. The summed E-state index contributed by atoms with van der Waals surface area (Å²) in [5.74, 6) is 0.690. The third-order valence-electron chi connectivity index (χ3n) is 5.44. The van der Waals surface area contributed by atoms with Gasteiger partial charge in [0.15, 0.2) is 15.8 Å². The van der Waals surface area contributed by atoms with Crippen molar-refractivity contribution in [2.24, 2.45) is 4.99 Å². The van der Waals surface area contributed by atoms with E-state index < -0.39 is 14.6 Å². The average molecular weight is 520 g/mol. The van der Waals surface area contributed by atoms with Crippen molar-refractivity contribution in [2.45, 2.75) is 31.6 Å². The Labute approximate surface area is 184 Å². The van der Waals surface area contributed by atoms with Crippen LogP contribution in [-0.4, -0.2) is 73.8 Å². The molecule has 0 saturated carbocycles. The van der Waals surface area contributed by atoms with Gasteiger partial charge in [-0.1, -0.05) is 24.3 Å². The van der Waals surface area contributed by atoms with Crippen LogP contribution in [0, 0.1) is 0 Å². The Kier molecular flexibility index (Phi) is 7.35. The van der Waals surface area contributed by atoms with Crippen molar-refractivity contribution in [2.75, 3.05) is 39.0 Å². The number of hydrogen-bond donors (Lipinski definition) is 1. The standard InChI is InChI=1S/C19H28N4O3S.HI/c1-19(2)14-23(10-11-27(19,25)26)18(20-3)21-12-17(24)22-9-8-15-6-4-5-7-16(15)13-22;/h4-7H,8-14H2,1-3H3,(H,20,21);1H. The highest BCUT2D eigenvalue weighted by molar-refractivity contribution is 14.0. The molecule has 9 heteroatoms. The van der Waals surface area contributed by atoms with E-state index in [9.17, 15) is 13.2 Å². The van der Waals surface area contributed by atoms with Crippen molar-refractivity contribution < 1.29 is 13.2 Å². The molecule has 2 aliphatic heterocycles. The molecular weight excluding hydrogens is 491 g/mol. The summed E-state index contributed by atoms with van der Waals surface area (Å²) in [5.41, 5.74) is 2.51. The second-order valence-electron chi connectivity index (χ2n) is 7.73. The van der Waals surface area contributed by atoms with Crippen molar-refractivity contribution in [1.82, 2.24) is 15.1 Å². The number of nitrogens with one attached hydrogen (secondary N) is 1. The molecule has 7 nitrogen and oxygen atoms in total. The Morgan fingerprint density at radius 1 is 1.18 bits per heavy atom. The first-order chi connectivity index (χ1) is 12.7. The SMILES string of the molecule is CN=C(NCC(=O)N1CCc2ccccc2C1)N1CCS(=O)(=O)C(C)(C)C1.I. The number of carbonyl (C=O) groups is 1. The first kappa shape index (κ1) is 22.9. The van der Waals surface area contributed by atoms with Crippen molar-refractivity contribution >= 4 is 45.7 Å². The number of hydrogen-bond acceptors (Lipinski definition) is 4. The maximum Gasteiger partial charge on any atom is 0.242 e. The second-order valence-corrected chi connectivity index (χ2v) is 10.5. The van der Waals surface area contributed by atoms with Crippen LogP contribution in [0.2, 0.25) is 0 Å². The van der Waals surface area contributed by atoms with E-state index in [1.165, 1.54) is 11.1 Å². The molecule has 0 unspecified atom stereocenters. The van der Waals surface area contributed by atoms with Gasteiger partial charge in [0.05, 0.1) is 17.0 Å². The molecule has 2 heterocycles. The minimum atomic E-state index is -3.11. The largest absolute Gasteiger partial charge is 0.347 e. The molecule has 1 amide bonds.